The molecule has 2 saturated carbocycles. The third kappa shape index (κ3) is 3.66. The highest BCUT2D eigenvalue weighted by Gasteiger charge is 2.36. The summed E-state index contributed by atoms with van der Waals surface area (Å²) in [5.74, 6) is 2.79. The predicted molar refractivity (Wildman–Crippen MR) is 74.1 cm³/mol. The first kappa shape index (κ1) is 12.8. The van der Waals surface area contributed by atoms with Gasteiger partial charge in [-0.05, 0) is 48.7 Å². The summed E-state index contributed by atoms with van der Waals surface area (Å²) >= 11 is 4.55. The van der Waals surface area contributed by atoms with Crippen molar-refractivity contribution in [3.8, 4) is 0 Å². The molecule has 2 aliphatic carbocycles. The Morgan fingerprint density at radius 3 is 2.19 bits per heavy atom. The summed E-state index contributed by atoms with van der Waals surface area (Å²) in [5.41, 5.74) is 0.401. The molecule has 0 saturated heterocycles. The molecule has 1 atom stereocenters. The van der Waals surface area contributed by atoms with Gasteiger partial charge in [0.1, 0.15) is 0 Å². The zero-order valence-corrected chi connectivity index (χ0v) is 12.0. The summed E-state index contributed by atoms with van der Waals surface area (Å²) in [6.07, 6.45) is 5.83. The Kier molecular flexibility index (Phi) is 3.90. The molecule has 1 nitrogen and oxygen atoms in total. The minimum absolute atomic E-state index is 0.401. The van der Waals surface area contributed by atoms with Gasteiger partial charge in [-0.15, -0.1) is 0 Å². The average Bonchev–Trinajstić information content (AvgIpc) is 2.97. The van der Waals surface area contributed by atoms with E-state index in [9.17, 15) is 0 Å². The van der Waals surface area contributed by atoms with Crippen LogP contribution in [0.25, 0.3) is 0 Å². The monoisotopic (exact) mass is 241 g/mol. The predicted octanol–water partition coefficient (Wildman–Crippen LogP) is 3.45. The van der Waals surface area contributed by atoms with Crippen LogP contribution in [0, 0.1) is 17.3 Å². The summed E-state index contributed by atoms with van der Waals surface area (Å²) in [4.78, 5) is 2.77. The first-order chi connectivity index (χ1) is 7.50. The van der Waals surface area contributed by atoms with Gasteiger partial charge in [0.25, 0.3) is 0 Å². The number of thiol groups is 1. The molecule has 2 heteroatoms. The van der Waals surface area contributed by atoms with Gasteiger partial charge in [-0.25, -0.2) is 0 Å². The van der Waals surface area contributed by atoms with Crippen LogP contribution in [-0.2, 0) is 0 Å². The van der Waals surface area contributed by atoms with Crippen molar-refractivity contribution >= 4 is 12.6 Å². The maximum atomic E-state index is 4.55. The van der Waals surface area contributed by atoms with Crippen LogP contribution in [-0.4, -0.2) is 29.8 Å². The molecule has 0 aromatic rings. The van der Waals surface area contributed by atoms with Crippen LogP contribution in [0.5, 0.6) is 0 Å². The summed E-state index contributed by atoms with van der Waals surface area (Å²) < 4.78 is 0. The van der Waals surface area contributed by atoms with Crippen molar-refractivity contribution in [2.45, 2.75) is 52.5 Å². The van der Waals surface area contributed by atoms with Gasteiger partial charge < -0.3 is 0 Å². The van der Waals surface area contributed by atoms with Gasteiger partial charge in [-0.1, -0.05) is 20.8 Å². The molecule has 0 heterocycles. The summed E-state index contributed by atoms with van der Waals surface area (Å²) in [7, 11) is 0. The van der Waals surface area contributed by atoms with Crippen LogP contribution >= 0.6 is 12.6 Å². The van der Waals surface area contributed by atoms with E-state index in [0.717, 1.165) is 23.6 Å². The molecule has 2 fully saturated rings. The van der Waals surface area contributed by atoms with Gasteiger partial charge in [-0.2, -0.15) is 12.6 Å². The van der Waals surface area contributed by atoms with Crippen LogP contribution in [0.1, 0.15) is 46.5 Å². The van der Waals surface area contributed by atoms with Crippen molar-refractivity contribution < 1.29 is 0 Å². The summed E-state index contributed by atoms with van der Waals surface area (Å²) in [6, 6.07) is 0.922. The standard InChI is InChI=1S/C14H27NS/c1-14(2,3)12(10-16)9-15(13-6-7-13)8-11-4-5-11/h11-13,16H,4-10H2,1-3H3. The highest BCUT2D eigenvalue weighted by molar-refractivity contribution is 7.80. The van der Waals surface area contributed by atoms with Crippen molar-refractivity contribution in [3.05, 3.63) is 0 Å². The van der Waals surface area contributed by atoms with E-state index in [1.54, 1.807) is 0 Å². The smallest absolute Gasteiger partial charge is 0.00966 e. The molecule has 0 aromatic heterocycles. The molecule has 2 aliphatic rings. The lowest BCUT2D eigenvalue weighted by molar-refractivity contribution is 0.154. The molecule has 2 rings (SSSR count). The molecular weight excluding hydrogens is 214 g/mol. The fourth-order valence-electron chi connectivity index (χ4n) is 2.33. The normalized spacial score (nSPS) is 23.8. The SMILES string of the molecule is CC(C)(C)C(CS)CN(CC1CC1)C1CC1. The molecule has 0 aromatic carbocycles. The molecular formula is C14H27NS. The van der Waals surface area contributed by atoms with Crippen LogP contribution < -0.4 is 0 Å². The van der Waals surface area contributed by atoms with Crippen molar-refractivity contribution in [1.29, 1.82) is 0 Å². The van der Waals surface area contributed by atoms with Crippen molar-refractivity contribution in [1.82, 2.24) is 4.90 Å². The zero-order valence-electron chi connectivity index (χ0n) is 11.1. The van der Waals surface area contributed by atoms with Gasteiger partial charge in [0.2, 0.25) is 0 Å². The maximum Gasteiger partial charge on any atom is 0.00966 e. The number of nitrogens with zero attached hydrogens (tertiary/aromatic N) is 1. The molecule has 0 aliphatic heterocycles. The topological polar surface area (TPSA) is 3.24 Å². The van der Waals surface area contributed by atoms with Crippen molar-refractivity contribution in [2.75, 3.05) is 18.8 Å². The average molecular weight is 241 g/mol. The van der Waals surface area contributed by atoms with Gasteiger partial charge in [-0.3, -0.25) is 4.90 Å². The number of hydrogen-bond acceptors (Lipinski definition) is 2. The molecule has 0 radical (unpaired) electrons. The second kappa shape index (κ2) is 4.89. The van der Waals surface area contributed by atoms with Crippen LogP contribution in [0.15, 0.2) is 0 Å². The van der Waals surface area contributed by atoms with E-state index in [-0.39, 0.29) is 0 Å². The Labute approximate surface area is 106 Å². The molecule has 1 unspecified atom stereocenters. The van der Waals surface area contributed by atoms with Gasteiger partial charge in [0, 0.05) is 19.1 Å². The molecule has 0 amide bonds. The molecule has 16 heavy (non-hydrogen) atoms. The Morgan fingerprint density at radius 2 is 1.81 bits per heavy atom. The first-order valence-corrected chi connectivity index (χ1v) is 7.49. The van der Waals surface area contributed by atoms with E-state index in [1.807, 2.05) is 0 Å². The van der Waals surface area contributed by atoms with E-state index in [1.165, 1.54) is 38.8 Å². The Balaban J connectivity index is 1.86. The minimum atomic E-state index is 0.401. The van der Waals surface area contributed by atoms with E-state index in [4.69, 9.17) is 0 Å². The van der Waals surface area contributed by atoms with Crippen LogP contribution in [0.3, 0.4) is 0 Å². The Bertz CT molecular complexity index is 225. The lowest BCUT2D eigenvalue weighted by Crippen LogP contribution is -2.38. The minimum Gasteiger partial charge on any atom is -0.300 e. The second-order valence-corrected chi connectivity index (χ2v) is 7.24. The molecule has 0 N–H and O–H groups in total. The van der Waals surface area contributed by atoms with Crippen molar-refractivity contribution in [3.63, 3.8) is 0 Å². The fraction of sp³-hybridized carbons (Fsp3) is 1.00. The fourth-order valence-corrected chi connectivity index (χ4v) is 3.00. The van der Waals surface area contributed by atoms with E-state index < -0.39 is 0 Å². The quantitative estimate of drug-likeness (QED) is 0.697. The van der Waals surface area contributed by atoms with Crippen molar-refractivity contribution in [2.24, 2.45) is 17.3 Å². The Morgan fingerprint density at radius 1 is 1.19 bits per heavy atom. The Hall–Kier alpha value is 0.310. The van der Waals surface area contributed by atoms with Gasteiger partial charge >= 0.3 is 0 Å². The highest BCUT2D eigenvalue weighted by Crippen LogP contribution is 2.37. The van der Waals surface area contributed by atoms with E-state index >= 15 is 0 Å². The molecule has 0 spiro atoms. The molecule has 94 valence electrons. The lowest BCUT2D eigenvalue weighted by atomic mass is 9.81. The maximum absolute atomic E-state index is 4.55. The molecule has 0 bridgehead atoms. The summed E-state index contributed by atoms with van der Waals surface area (Å²) in [5, 5.41) is 0. The van der Waals surface area contributed by atoms with Crippen LogP contribution in [0.2, 0.25) is 0 Å². The third-order valence-corrected chi connectivity index (χ3v) is 4.59. The lowest BCUT2D eigenvalue weighted by Gasteiger charge is -2.35. The highest BCUT2D eigenvalue weighted by atomic mass is 32.1. The van der Waals surface area contributed by atoms with E-state index in [0.29, 0.717) is 5.41 Å². The first-order valence-electron chi connectivity index (χ1n) is 6.85. The second-order valence-electron chi connectivity index (χ2n) is 6.87. The van der Waals surface area contributed by atoms with E-state index in [2.05, 4.69) is 38.3 Å². The van der Waals surface area contributed by atoms with Gasteiger partial charge in [0.05, 0.1) is 0 Å². The largest absolute Gasteiger partial charge is 0.300 e. The third-order valence-electron chi connectivity index (χ3n) is 4.15. The summed E-state index contributed by atoms with van der Waals surface area (Å²) in [6.45, 7) is 9.71. The zero-order chi connectivity index (χ0) is 11.8. The van der Waals surface area contributed by atoms with Gasteiger partial charge in [0.15, 0.2) is 0 Å². The van der Waals surface area contributed by atoms with Crippen LogP contribution in [0.4, 0.5) is 0 Å². The number of rotatable bonds is 6. The number of hydrogen-bond donors (Lipinski definition) is 1.